The van der Waals surface area contributed by atoms with E-state index < -0.39 is 10.0 Å². The van der Waals surface area contributed by atoms with E-state index in [1.54, 1.807) is 36.4 Å². The minimum absolute atomic E-state index is 0.00990. The predicted molar refractivity (Wildman–Crippen MR) is 90.3 cm³/mol. The molecule has 3 rings (SSSR count). The summed E-state index contributed by atoms with van der Waals surface area (Å²) in [7, 11) is -3.41. The largest absolute Gasteiger partial charge is 0.490 e. The van der Waals surface area contributed by atoms with Crippen LogP contribution in [0.2, 0.25) is 5.02 Å². The predicted octanol–water partition coefficient (Wildman–Crippen LogP) is 3.57. The van der Waals surface area contributed by atoms with Crippen LogP contribution in [0, 0.1) is 0 Å². The van der Waals surface area contributed by atoms with Crippen LogP contribution in [0.25, 0.3) is 0 Å². The van der Waals surface area contributed by atoms with Gasteiger partial charge < -0.3 is 4.74 Å². The number of ether oxygens (including phenoxy) is 1. The summed E-state index contributed by atoms with van der Waals surface area (Å²) in [6, 6.07) is 15.8. The lowest BCUT2D eigenvalue weighted by Gasteiger charge is -2.31. The molecule has 4 nitrogen and oxygen atoms in total. The van der Waals surface area contributed by atoms with Gasteiger partial charge in [0, 0.05) is 18.1 Å². The molecule has 23 heavy (non-hydrogen) atoms. The molecule has 2 aromatic rings. The Morgan fingerprint density at radius 1 is 1.00 bits per heavy atom. The Morgan fingerprint density at radius 3 is 2.35 bits per heavy atom. The van der Waals surface area contributed by atoms with E-state index >= 15 is 0 Å². The van der Waals surface area contributed by atoms with Crippen molar-refractivity contribution in [1.29, 1.82) is 0 Å². The molecular weight excluding hydrogens is 334 g/mol. The summed E-state index contributed by atoms with van der Waals surface area (Å²) in [5.41, 5.74) is 0. The van der Waals surface area contributed by atoms with Crippen molar-refractivity contribution in [2.75, 3.05) is 13.1 Å². The van der Waals surface area contributed by atoms with E-state index in [2.05, 4.69) is 0 Å². The molecule has 2 aromatic carbocycles. The molecule has 0 radical (unpaired) electrons. The molecule has 1 saturated heterocycles. The van der Waals surface area contributed by atoms with Crippen molar-refractivity contribution < 1.29 is 13.2 Å². The Labute approximate surface area is 141 Å². The van der Waals surface area contributed by atoms with Crippen molar-refractivity contribution in [3.05, 3.63) is 59.6 Å². The van der Waals surface area contributed by atoms with Crippen LogP contribution >= 0.6 is 11.6 Å². The number of benzene rings is 2. The third kappa shape index (κ3) is 3.86. The van der Waals surface area contributed by atoms with E-state index in [1.807, 2.05) is 18.2 Å². The van der Waals surface area contributed by atoms with E-state index in [9.17, 15) is 8.42 Å². The number of piperidine rings is 1. The number of sulfonamides is 1. The topological polar surface area (TPSA) is 46.6 Å². The lowest BCUT2D eigenvalue weighted by Crippen LogP contribution is -2.41. The van der Waals surface area contributed by atoms with Gasteiger partial charge in [0.2, 0.25) is 10.0 Å². The first-order chi connectivity index (χ1) is 11.1. The van der Waals surface area contributed by atoms with Crippen LogP contribution in [0.5, 0.6) is 5.75 Å². The van der Waals surface area contributed by atoms with Gasteiger partial charge >= 0.3 is 0 Å². The fourth-order valence-electron chi connectivity index (χ4n) is 2.66. The molecule has 1 aliphatic rings. The SMILES string of the molecule is O=S(=O)(c1ccccc1)N1CCC(Oc2cccc(Cl)c2)CC1. The van der Waals surface area contributed by atoms with E-state index in [-0.39, 0.29) is 6.10 Å². The van der Waals surface area contributed by atoms with E-state index in [1.165, 1.54) is 4.31 Å². The minimum Gasteiger partial charge on any atom is -0.490 e. The molecule has 0 atom stereocenters. The first kappa shape index (κ1) is 16.3. The number of nitrogens with zero attached hydrogens (tertiary/aromatic N) is 1. The monoisotopic (exact) mass is 351 g/mol. The highest BCUT2D eigenvalue weighted by molar-refractivity contribution is 7.89. The molecule has 0 aliphatic carbocycles. The molecule has 6 heteroatoms. The molecule has 1 fully saturated rings. The molecule has 0 saturated carbocycles. The van der Waals surface area contributed by atoms with Crippen LogP contribution in [0.15, 0.2) is 59.5 Å². The number of rotatable bonds is 4. The summed E-state index contributed by atoms with van der Waals surface area (Å²) in [4.78, 5) is 0.342. The number of hydrogen-bond donors (Lipinski definition) is 0. The summed E-state index contributed by atoms with van der Waals surface area (Å²) < 4.78 is 32.6. The first-order valence-electron chi connectivity index (χ1n) is 7.53. The van der Waals surface area contributed by atoms with Crippen molar-refractivity contribution in [3.63, 3.8) is 0 Å². The second-order valence-corrected chi connectivity index (χ2v) is 7.87. The van der Waals surface area contributed by atoms with Gasteiger partial charge in [0.25, 0.3) is 0 Å². The smallest absolute Gasteiger partial charge is 0.243 e. The van der Waals surface area contributed by atoms with Gasteiger partial charge in [-0.2, -0.15) is 4.31 Å². The molecule has 0 spiro atoms. The number of hydrogen-bond acceptors (Lipinski definition) is 3. The van der Waals surface area contributed by atoms with Gasteiger partial charge in [0.05, 0.1) is 4.90 Å². The normalized spacial score (nSPS) is 17.1. The molecule has 122 valence electrons. The zero-order valence-corrected chi connectivity index (χ0v) is 14.1. The van der Waals surface area contributed by atoms with Gasteiger partial charge in [-0.25, -0.2) is 8.42 Å². The third-order valence-electron chi connectivity index (χ3n) is 3.88. The van der Waals surface area contributed by atoms with Crippen LogP contribution in [-0.4, -0.2) is 31.9 Å². The fraction of sp³-hybridized carbons (Fsp3) is 0.294. The average Bonchev–Trinajstić information content (AvgIpc) is 2.56. The van der Waals surface area contributed by atoms with Crippen LogP contribution in [-0.2, 0) is 10.0 Å². The zero-order valence-electron chi connectivity index (χ0n) is 12.6. The van der Waals surface area contributed by atoms with Gasteiger partial charge in [-0.15, -0.1) is 0 Å². The molecule has 0 N–H and O–H groups in total. The first-order valence-corrected chi connectivity index (χ1v) is 9.35. The van der Waals surface area contributed by atoms with E-state index in [0.717, 1.165) is 5.75 Å². The molecule has 0 bridgehead atoms. The maximum atomic E-state index is 12.6. The summed E-state index contributed by atoms with van der Waals surface area (Å²) >= 11 is 5.95. The summed E-state index contributed by atoms with van der Waals surface area (Å²) in [5.74, 6) is 0.724. The van der Waals surface area contributed by atoms with E-state index in [0.29, 0.717) is 35.8 Å². The van der Waals surface area contributed by atoms with E-state index in [4.69, 9.17) is 16.3 Å². The van der Waals surface area contributed by atoms with Crippen molar-refractivity contribution in [2.24, 2.45) is 0 Å². The Balaban J connectivity index is 1.62. The average molecular weight is 352 g/mol. The minimum atomic E-state index is -3.41. The molecule has 0 unspecified atom stereocenters. The highest BCUT2D eigenvalue weighted by atomic mass is 35.5. The summed E-state index contributed by atoms with van der Waals surface area (Å²) in [6.45, 7) is 0.922. The fourth-order valence-corrected chi connectivity index (χ4v) is 4.34. The standard InChI is InChI=1S/C17H18ClNO3S/c18-14-5-4-6-16(13-14)22-15-9-11-19(12-10-15)23(20,21)17-7-2-1-3-8-17/h1-8,13,15H,9-12H2. The van der Waals surface area contributed by atoms with Gasteiger partial charge in [-0.1, -0.05) is 35.9 Å². The third-order valence-corrected chi connectivity index (χ3v) is 6.03. The molecule has 0 amide bonds. The van der Waals surface area contributed by atoms with Gasteiger partial charge in [0.1, 0.15) is 11.9 Å². The van der Waals surface area contributed by atoms with Gasteiger partial charge in [0.15, 0.2) is 0 Å². The Morgan fingerprint density at radius 2 is 1.70 bits per heavy atom. The van der Waals surface area contributed by atoms with Crippen LogP contribution in [0.3, 0.4) is 0 Å². The van der Waals surface area contributed by atoms with Crippen molar-refractivity contribution in [2.45, 2.75) is 23.8 Å². The van der Waals surface area contributed by atoms with Crippen LogP contribution < -0.4 is 4.74 Å². The van der Waals surface area contributed by atoms with Crippen LogP contribution in [0.4, 0.5) is 0 Å². The van der Waals surface area contributed by atoms with Crippen molar-refractivity contribution in [3.8, 4) is 5.75 Å². The maximum Gasteiger partial charge on any atom is 0.243 e. The molecule has 0 aromatic heterocycles. The van der Waals surface area contributed by atoms with Crippen molar-refractivity contribution in [1.82, 2.24) is 4.31 Å². The molecular formula is C17H18ClNO3S. The van der Waals surface area contributed by atoms with Gasteiger partial charge in [-0.3, -0.25) is 0 Å². The molecule has 1 heterocycles. The lowest BCUT2D eigenvalue weighted by atomic mass is 10.1. The zero-order chi connectivity index (χ0) is 16.3. The second-order valence-electron chi connectivity index (χ2n) is 5.49. The Bertz CT molecular complexity index is 756. The summed E-state index contributed by atoms with van der Waals surface area (Å²) in [5, 5.41) is 0.631. The highest BCUT2D eigenvalue weighted by Crippen LogP contribution is 2.25. The number of halogens is 1. The summed E-state index contributed by atoms with van der Waals surface area (Å²) in [6.07, 6.45) is 1.34. The Hall–Kier alpha value is -1.56. The Kier molecular flexibility index (Phi) is 4.90. The quantitative estimate of drug-likeness (QED) is 0.846. The lowest BCUT2D eigenvalue weighted by molar-refractivity contribution is 0.135. The molecule has 1 aliphatic heterocycles. The second kappa shape index (κ2) is 6.91. The highest BCUT2D eigenvalue weighted by Gasteiger charge is 2.29. The van der Waals surface area contributed by atoms with Gasteiger partial charge in [-0.05, 0) is 43.2 Å². The van der Waals surface area contributed by atoms with Crippen LogP contribution in [0.1, 0.15) is 12.8 Å². The maximum absolute atomic E-state index is 12.6. The van der Waals surface area contributed by atoms with Crippen molar-refractivity contribution >= 4 is 21.6 Å².